The molecule has 0 aliphatic rings. The quantitative estimate of drug-likeness (QED) is 0.749. The van der Waals surface area contributed by atoms with Crippen LogP contribution in [0.25, 0.3) is 0 Å². The maximum absolute atomic E-state index is 11.7. The highest BCUT2D eigenvalue weighted by molar-refractivity contribution is 5.71. The van der Waals surface area contributed by atoms with Gasteiger partial charge in [-0.1, -0.05) is 6.92 Å². The number of halogens is 2. The molecule has 0 rings (SSSR count). The van der Waals surface area contributed by atoms with Crippen LogP contribution in [0.15, 0.2) is 0 Å². The zero-order valence-electron chi connectivity index (χ0n) is 9.70. The molecule has 1 atom stereocenters. The molecule has 0 saturated heterocycles. The monoisotopic (exact) mass is 240 g/mol. The molecule has 0 aromatic rings. The predicted octanol–water partition coefficient (Wildman–Crippen LogP) is 2.32. The van der Waals surface area contributed by atoms with Crippen molar-refractivity contribution in [3.63, 3.8) is 0 Å². The van der Waals surface area contributed by atoms with E-state index < -0.39 is 12.4 Å². The van der Waals surface area contributed by atoms with Crippen LogP contribution in [0.3, 0.4) is 0 Å². The summed E-state index contributed by atoms with van der Waals surface area (Å²) < 4.78 is 27.7. The molecule has 0 heterocycles. The number of ether oxygens (including phenoxy) is 1. The van der Waals surface area contributed by atoms with Crippen LogP contribution in [0.4, 0.5) is 8.78 Å². The lowest BCUT2D eigenvalue weighted by Crippen LogP contribution is -2.12. The molecule has 1 N–H and O–H groups in total. The summed E-state index contributed by atoms with van der Waals surface area (Å²) in [6, 6.07) is 0. The number of carboxylic acids is 1. The van der Waals surface area contributed by atoms with Crippen molar-refractivity contribution < 1.29 is 28.2 Å². The van der Waals surface area contributed by atoms with E-state index in [1.807, 2.05) is 0 Å². The van der Waals surface area contributed by atoms with Gasteiger partial charge < -0.3 is 9.84 Å². The highest BCUT2D eigenvalue weighted by Gasteiger charge is 2.13. The van der Waals surface area contributed by atoms with E-state index in [0.717, 1.165) is 6.92 Å². The number of aliphatic carboxylic acids is 1. The lowest BCUT2D eigenvalue weighted by Gasteiger charge is -2.07. The van der Waals surface area contributed by atoms with Crippen LogP contribution in [0.1, 0.15) is 33.1 Å². The minimum Gasteiger partial charge on any atom is -0.481 e. The molecular weight excluding hydrogens is 222 g/mol. The predicted molar refractivity (Wildman–Crippen MR) is 54.3 cm³/mol. The summed E-state index contributed by atoms with van der Waals surface area (Å²) in [7, 11) is 1.30. The lowest BCUT2D eigenvalue weighted by atomic mass is 10.0. The van der Waals surface area contributed by atoms with Gasteiger partial charge in [0.15, 0.2) is 0 Å². The minimum absolute atomic E-state index is 0.138. The highest BCUT2D eigenvalue weighted by atomic mass is 19.3. The number of carboxylic acid groups (broad SMARTS) is 1. The zero-order valence-corrected chi connectivity index (χ0v) is 9.70. The summed E-state index contributed by atoms with van der Waals surface area (Å²) in [4.78, 5) is 19.8. The smallest absolute Gasteiger partial charge is 0.308 e. The molecular formula is C10H18F2O4. The van der Waals surface area contributed by atoms with Crippen LogP contribution in [0.5, 0.6) is 0 Å². The van der Waals surface area contributed by atoms with Gasteiger partial charge in [0.1, 0.15) is 0 Å². The van der Waals surface area contributed by atoms with Crippen molar-refractivity contribution in [2.75, 3.05) is 7.11 Å². The van der Waals surface area contributed by atoms with Gasteiger partial charge in [0.05, 0.1) is 13.0 Å². The van der Waals surface area contributed by atoms with Crippen molar-refractivity contribution in [2.24, 2.45) is 5.92 Å². The Hall–Kier alpha value is -1.20. The normalized spacial score (nSPS) is 11.4. The molecule has 0 saturated carbocycles. The first-order chi connectivity index (χ1) is 7.31. The first-order valence-corrected chi connectivity index (χ1v) is 4.86. The Balaban J connectivity index is 0. The fourth-order valence-corrected chi connectivity index (χ4v) is 0.897. The van der Waals surface area contributed by atoms with Gasteiger partial charge >= 0.3 is 5.97 Å². The standard InChI is InChI=1S/C8H14F2O2.C2H4O2/c1-6(8(11)12-2)4-3-5-7(9)10;1-2(3)4/h6-7H,3-5H2,1-2H3;1H3,(H,3,4). The number of carbonyl (C=O) groups excluding carboxylic acids is 1. The van der Waals surface area contributed by atoms with E-state index in [2.05, 4.69) is 4.74 Å². The van der Waals surface area contributed by atoms with Gasteiger partial charge in [-0.25, -0.2) is 8.78 Å². The number of rotatable bonds is 5. The first kappa shape index (κ1) is 17.2. The molecule has 0 radical (unpaired) electrons. The van der Waals surface area contributed by atoms with Gasteiger partial charge in [-0.05, 0) is 12.8 Å². The maximum atomic E-state index is 11.7. The molecule has 0 amide bonds. The SMILES string of the molecule is CC(=O)O.COC(=O)C(C)CCCC(F)F. The molecule has 0 spiro atoms. The Kier molecular flexibility index (Phi) is 11.1. The molecule has 1 unspecified atom stereocenters. The van der Waals surface area contributed by atoms with Crippen molar-refractivity contribution in [1.29, 1.82) is 0 Å². The number of esters is 1. The van der Waals surface area contributed by atoms with E-state index in [4.69, 9.17) is 9.90 Å². The Bertz CT molecular complexity index is 203. The summed E-state index contributed by atoms with van der Waals surface area (Å²) in [6.45, 7) is 2.76. The Morgan fingerprint density at radius 3 is 2.06 bits per heavy atom. The topological polar surface area (TPSA) is 63.6 Å². The van der Waals surface area contributed by atoms with E-state index in [1.165, 1.54) is 7.11 Å². The fraction of sp³-hybridized carbons (Fsp3) is 0.800. The van der Waals surface area contributed by atoms with Crippen molar-refractivity contribution in [1.82, 2.24) is 0 Å². The van der Waals surface area contributed by atoms with Crippen LogP contribution in [-0.2, 0) is 14.3 Å². The molecule has 4 nitrogen and oxygen atoms in total. The molecule has 0 bridgehead atoms. The summed E-state index contributed by atoms with van der Waals surface area (Å²) in [5, 5.41) is 7.42. The van der Waals surface area contributed by atoms with Gasteiger partial charge in [-0.15, -0.1) is 0 Å². The van der Waals surface area contributed by atoms with E-state index in [0.29, 0.717) is 12.8 Å². The fourth-order valence-electron chi connectivity index (χ4n) is 0.897. The summed E-state index contributed by atoms with van der Waals surface area (Å²) in [5.74, 6) is -1.43. The largest absolute Gasteiger partial charge is 0.481 e. The highest BCUT2D eigenvalue weighted by Crippen LogP contribution is 2.12. The van der Waals surface area contributed by atoms with Crippen LogP contribution < -0.4 is 0 Å². The van der Waals surface area contributed by atoms with Crippen LogP contribution in [0, 0.1) is 5.92 Å². The summed E-state index contributed by atoms with van der Waals surface area (Å²) in [5.41, 5.74) is 0. The third-order valence-corrected chi connectivity index (χ3v) is 1.66. The average Bonchev–Trinajstić information content (AvgIpc) is 2.14. The van der Waals surface area contributed by atoms with E-state index in [1.54, 1.807) is 6.92 Å². The van der Waals surface area contributed by atoms with Crippen molar-refractivity contribution in [3.8, 4) is 0 Å². The van der Waals surface area contributed by atoms with Gasteiger partial charge in [-0.2, -0.15) is 0 Å². The number of hydrogen-bond donors (Lipinski definition) is 1. The van der Waals surface area contributed by atoms with Gasteiger partial charge in [0, 0.05) is 13.3 Å². The van der Waals surface area contributed by atoms with Crippen molar-refractivity contribution in [3.05, 3.63) is 0 Å². The van der Waals surface area contributed by atoms with Crippen LogP contribution in [0.2, 0.25) is 0 Å². The third kappa shape index (κ3) is 15.3. The second-order valence-corrected chi connectivity index (χ2v) is 3.27. The number of alkyl halides is 2. The zero-order chi connectivity index (χ0) is 13.1. The Labute approximate surface area is 93.6 Å². The molecule has 6 heteroatoms. The Morgan fingerprint density at radius 2 is 1.75 bits per heavy atom. The number of carbonyl (C=O) groups is 2. The molecule has 0 aliphatic heterocycles. The molecule has 0 aliphatic carbocycles. The molecule has 0 fully saturated rings. The molecule has 16 heavy (non-hydrogen) atoms. The van der Waals surface area contributed by atoms with E-state index >= 15 is 0 Å². The number of hydrogen-bond acceptors (Lipinski definition) is 3. The molecule has 96 valence electrons. The second-order valence-electron chi connectivity index (χ2n) is 3.27. The van der Waals surface area contributed by atoms with Crippen LogP contribution in [-0.4, -0.2) is 30.6 Å². The number of methoxy groups -OCH3 is 1. The second kappa shape index (κ2) is 10.3. The van der Waals surface area contributed by atoms with Crippen molar-refractivity contribution in [2.45, 2.75) is 39.5 Å². The van der Waals surface area contributed by atoms with Crippen LogP contribution >= 0.6 is 0 Å². The minimum atomic E-state index is -2.27. The van der Waals surface area contributed by atoms with E-state index in [-0.39, 0.29) is 18.3 Å². The van der Waals surface area contributed by atoms with Crippen molar-refractivity contribution >= 4 is 11.9 Å². The summed E-state index contributed by atoms with van der Waals surface area (Å²) in [6.07, 6.45) is -1.57. The van der Waals surface area contributed by atoms with Gasteiger partial charge in [-0.3, -0.25) is 9.59 Å². The first-order valence-electron chi connectivity index (χ1n) is 4.86. The summed E-state index contributed by atoms with van der Waals surface area (Å²) >= 11 is 0. The maximum Gasteiger partial charge on any atom is 0.308 e. The lowest BCUT2D eigenvalue weighted by molar-refractivity contribution is -0.145. The average molecular weight is 240 g/mol. The Morgan fingerprint density at radius 1 is 1.31 bits per heavy atom. The third-order valence-electron chi connectivity index (χ3n) is 1.66. The van der Waals surface area contributed by atoms with Gasteiger partial charge in [0.25, 0.3) is 5.97 Å². The molecule has 0 aromatic carbocycles. The molecule has 0 aromatic heterocycles. The van der Waals surface area contributed by atoms with E-state index in [9.17, 15) is 13.6 Å². The van der Waals surface area contributed by atoms with Gasteiger partial charge in [0.2, 0.25) is 6.43 Å².